The second kappa shape index (κ2) is 6.00. The maximum Gasteiger partial charge on any atom is 0.529 e. The number of phosphoric ester groups is 1. The Bertz CT molecular complexity index is 476. The minimum Gasteiger partial charge on any atom is -0.465 e. The number of hydrogen-bond acceptors (Lipinski definition) is 6. The molecular weight excluding hydrogens is 259 g/mol. The molecule has 6 nitrogen and oxygen atoms in total. The molecule has 0 atom stereocenters. The molecule has 0 heterocycles. The lowest BCUT2D eigenvalue weighted by atomic mass is 10.1. The molecule has 1 aromatic carbocycles. The van der Waals surface area contributed by atoms with Gasteiger partial charge >= 0.3 is 13.8 Å². The number of methoxy groups -OCH3 is 1. The molecule has 1 aromatic rings. The van der Waals surface area contributed by atoms with Gasteiger partial charge in [-0.15, -0.1) is 0 Å². The van der Waals surface area contributed by atoms with Crippen molar-refractivity contribution in [3.05, 3.63) is 29.3 Å². The van der Waals surface area contributed by atoms with Gasteiger partial charge in [-0.2, -0.15) is 0 Å². The third kappa shape index (κ3) is 3.32. The monoisotopic (exact) mass is 274 g/mol. The zero-order valence-electron chi connectivity index (χ0n) is 10.6. The second-order valence-corrected chi connectivity index (χ2v) is 5.20. The van der Waals surface area contributed by atoms with Gasteiger partial charge in [-0.1, -0.05) is 6.07 Å². The minimum absolute atomic E-state index is 0.0916. The first-order valence-corrected chi connectivity index (χ1v) is 6.52. The topological polar surface area (TPSA) is 71.1 Å². The summed E-state index contributed by atoms with van der Waals surface area (Å²) in [6.07, 6.45) is 0. The Balaban J connectivity index is 3.18. The summed E-state index contributed by atoms with van der Waals surface area (Å²) < 4.78 is 30.9. The summed E-state index contributed by atoms with van der Waals surface area (Å²) in [5.74, 6) is -0.502. The van der Waals surface area contributed by atoms with Gasteiger partial charge in [-0.05, 0) is 24.6 Å². The van der Waals surface area contributed by atoms with E-state index in [1.165, 1.54) is 27.4 Å². The third-order valence-electron chi connectivity index (χ3n) is 2.20. The quantitative estimate of drug-likeness (QED) is 0.607. The Kier molecular flexibility index (Phi) is 4.90. The fourth-order valence-electron chi connectivity index (χ4n) is 1.25. The van der Waals surface area contributed by atoms with Gasteiger partial charge in [0.15, 0.2) is 0 Å². The average Bonchev–Trinajstić information content (AvgIpc) is 2.38. The predicted molar refractivity (Wildman–Crippen MR) is 64.8 cm³/mol. The van der Waals surface area contributed by atoms with E-state index in [1.807, 2.05) is 0 Å². The molecule has 0 aliphatic heterocycles. The molecule has 0 aliphatic carbocycles. The van der Waals surface area contributed by atoms with Crippen LogP contribution in [-0.4, -0.2) is 27.3 Å². The molecule has 18 heavy (non-hydrogen) atoms. The highest BCUT2D eigenvalue weighted by atomic mass is 31.2. The van der Waals surface area contributed by atoms with Crippen LogP contribution >= 0.6 is 7.82 Å². The highest BCUT2D eigenvalue weighted by Gasteiger charge is 2.27. The van der Waals surface area contributed by atoms with E-state index in [1.54, 1.807) is 19.1 Å². The standard InChI is InChI=1S/C11H15O6P/c1-8-5-6-9(11(12)14-2)10(7-8)17-18(13,15-3)16-4/h5-7H,1-4H3. The number of carbonyl (C=O) groups is 1. The number of esters is 1. The number of carbonyl (C=O) groups excluding carboxylic acids is 1. The molecule has 0 aromatic heterocycles. The molecule has 0 fully saturated rings. The number of phosphoric acid groups is 1. The second-order valence-electron chi connectivity index (χ2n) is 3.39. The van der Waals surface area contributed by atoms with Gasteiger partial charge in [0.2, 0.25) is 0 Å². The first kappa shape index (κ1) is 14.7. The van der Waals surface area contributed by atoms with Crippen molar-refractivity contribution >= 4 is 13.8 Å². The number of ether oxygens (including phenoxy) is 1. The first-order valence-electron chi connectivity index (χ1n) is 5.06. The van der Waals surface area contributed by atoms with Crippen molar-refractivity contribution in [3.63, 3.8) is 0 Å². The number of benzene rings is 1. The summed E-state index contributed by atoms with van der Waals surface area (Å²) in [5, 5.41) is 0. The van der Waals surface area contributed by atoms with E-state index < -0.39 is 13.8 Å². The Morgan fingerprint density at radius 1 is 1.17 bits per heavy atom. The van der Waals surface area contributed by atoms with Crippen molar-refractivity contribution in [1.82, 2.24) is 0 Å². The van der Waals surface area contributed by atoms with Crippen LogP contribution in [0.4, 0.5) is 0 Å². The van der Waals surface area contributed by atoms with Crippen LogP contribution in [0, 0.1) is 6.92 Å². The summed E-state index contributed by atoms with van der Waals surface area (Å²) in [4.78, 5) is 11.5. The lowest BCUT2D eigenvalue weighted by Gasteiger charge is -2.16. The zero-order chi connectivity index (χ0) is 13.8. The first-order chi connectivity index (χ1) is 8.45. The molecular formula is C11H15O6P. The smallest absolute Gasteiger partial charge is 0.465 e. The van der Waals surface area contributed by atoms with E-state index in [0.717, 1.165) is 5.56 Å². The maximum absolute atomic E-state index is 11.9. The summed E-state index contributed by atoms with van der Waals surface area (Å²) in [6.45, 7) is 1.80. The zero-order valence-corrected chi connectivity index (χ0v) is 11.5. The fraction of sp³-hybridized carbons (Fsp3) is 0.364. The largest absolute Gasteiger partial charge is 0.529 e. The molecule has 0 N–H and O–H groups in total. The maximum atomic E-state index is 11.9. The normalized spacial score (nSPS) is 11.1. The Hall–Kier alpha value is -1.36. The number of aryl methyl sites for hydroxylation is 1. The van der Waals surface area contributed by atoms with Crippen molar-refractivity contribution in [2.24, 2.45) is 0 Å². The highest BCUT2D eigenvalue weighted by Crippen LogP contribution is 2.48. The number of hydrogen-bond donors (Lipinski definition) is 0. The summed E-state index contributed by atoms with van der Waals surface area (Å²) in [5.41, 5.74) is 0.980. The van der Waals surface area contributed by atoms with Gasteiger partial charge < -0.3 is 9.26 Å². The van der Waals surface area contributed by atoms with E-state index in [2.05, 4.69) is 13.8 Å². The molecule has 7 heteroatoms. The van der Waals surface area contributed by atoms with Gasteiger partial charge in [0.05, 0.1) is 7.11 Å². The van der Waals surface area contributed by atoms with E-state index in [9.17, 15) is 9.36 Å². The molecule has 0 saturated carbocycles. The Labute approximate surface area is 105 Å². The summed E-state index contributed by atoms with van der Waals surface area (Å²) >= 11 is 0. The van der Waals surface area contributed by atoms with E-state index in [-0.39, 0.29) is 11.3 Å². The van der Waals surface area contributed by atoms with Crippen LogP contribution < -0.4 is 4.52 Å². The third-order valence-corrected chi connectivity index (χ3v) is 3.51. The van der Waals surface area contributed by atoms with Gasteiger partial charge in [-0.3, -0.25) is 9.05 Å². The van der Waals surface area contributed by atoms with Crippen molar-refractivity contribution in [2.45, 2.75) is 6.92 Å². The van der Waals surface area contributed by atoms with E-state index in [0.29, 0.717) is 0 Å². The van der Waals surface area contributed by atoms with Crippen LogP contribution in [-0.2, 0) is 18.3 Å². The molecule has 0 aliphatic rings. The highest BCUT2D eigenvalue weighted by molar-refractivity contribution is 7.48. The molecule has 0 bridgehead atoms. The van der Waals surface area contributed by atoms with Crippen LogP contribution in [0.15, 0.2) is 18.2 Å². The van der Waals surface area contributed by atoms with E-state index >= 15 is 0 Å². The Morgan fingerprint density at radius 2 is 1.78 bits per heavy atom. The summed E-state index contributed by atoms with van der Waals surface area (Å²) in [7, 11) is -0.0749. The van der Waals surface area contributed by atoms with Crippen molar-refractivity contribution in [1.29, 1.82) is 0 Å². The van der Waals surface area contributed by atoms with Crippen molar-refractivity contribution in [2.75, 3.05) is 21.3 Å². The molecule has 0 saturated heterocycles. The fourth-order valence-corrected chi connectivity index (χ4v) is 1.94. The van der Waals surface area contributed by atoms with Gasteiger partial charge in [-0.25, -0.2) is 9.36 Å². The van der Waals surface area contributed by atoms with Crippen LogP contribution in [0.1, 0.15) is 15.9 Å². The predicted octanol–water partition coefficient (Wildman–Crippen LogP) is 2.56. The number of rotatable bonds is 5. The van der Waals surface area contributed by atoms with Gasteiger partial charge in [0.1, 0.15) is 11.3 Å². The molecule has 0 radical (unpaired) electrons. The van der Waals surface area contributed by atoms with Crippen molar-refractivity contribution in [3.8, 4) is 5.75 Å². The van der Waals surface area contributed by atoms with Gasteiger partial charge in [0, 0.05) is 14.2 Å². The molecule has 0 spiro atoms. The Morgan fingerprint density at radius 3 is 2.28 bits per heavy atom. The molecule has 0 amide bonds. The lowest BCUT2D eigenvalue weighted by molar-refractivity contribution is 0.0598. The van der Waals surface area contributed by atoms with Crippen LogP contribution in [0.5, 0.6) is 5.75 Å². The minimum atomic E-state index is -3.71. The summed E-state index contributed by atoms with van der Waals surface area (Å²) in [6, 6.07) is 4.78. The van der Waals surface area contributed by atoms with E-state index in [4.69, 9.17) is 4.52 Å². The average molecular weight is 274 g/mol. The van der Waals surface area contributed by atoms with Crippen LogP contribution in [0.25, 0.3) is 0 Å². The van der Waals surface area contributed by atoms with Crippen molar-refractivity contribution < 1.29 is 27.7 Å². The van der Waals surface area contributed by atoms with Gasteiger partial charge in [0.25, 0.3) is 0 Å². The molecule has 0 unspecified atom stereocenters. The lowest BCUT2D eigenvalue weighted by Crippen LogP contribution is -2.06. The molecule has 1 rings (SSSR count). The SMILES string of the molecule is COC(=O)c1ccc(C)cc1OP(=O)(OC)OC. The van der Waals surface area contributed by atoms with Crippen LogP contribution in [0.2, 0.25) is 0 Å². The molecule has 100 valence electrons. The van der Waals surface area contributed by atoms with Crippen LogP contribution in [0.3, 0.4) is 0 Å².